The van der Waals surface area contributed by atoms with Gasteiger partial charge in [0.1, 0.15) is 0 Å². The highest BCUT2D eigenvalue weighted by molar-refractivity contribution is 5.98. The number of esters is 1. The molecule has 2 aromatic rings. The fourth-order valence-corrected chi connectivity index (χ4v) is 2.03. The monoisotopic (exact) mass is 315 g/mol. The molecule has 0 spiro atoms. The van der Waals surface area contributed by atoms with E-state index in [1.807, 2.05) is 6.92 Å². The first-order chi connectivity index (χ1) is 11.0. The van der Waals surface area contributed by atoms with Crippen LogP contribution >= 0.6 is 0 Å². The van der Waals surface area contributed by atoms with E-state index in [0.29, 0.717) is 5.56 Å². The number of carbonyl (C=O) groups is 3. The Morgan fingerprint density at radius 2 is 1.87 bits per heavy atom. The lowest BCUT2D eigenvalue weighted by molar-refractivity contribution is -0.119. The molecule has 1 aromatic carbocycles. The summed E-state index contributed by atoms with van der Waals surface area (Å²) in [6.45, 7) is 2.94. The van der Waals surface area contributed by atoms with Crippen molar-refractivity contribution >= 4 is 17.7 Å². The van der Waals surface area contributed by atoms with Crippen LogP contribution in [0.4, 0.5) is 0 Å². The molecule has 6 nitrogen and oxygen atoms in total. The van der Waals surface area contributed by atoms with Gasteiger partial charge in [-0.05, 0) is 24.6 Å². The second kappa shape index (κ2) is 7.40. The van der Waals surface area contributed by atoms with Gasteiger partial charge in [0.15, 0.2) is 12.4 Å². The summed E-state index contributed by atoms with van der Waals surface area (Å²) in [5, 5.41) is 2.76. The standard InChI is InChI=1S/C17H17NO5/c1-11(18-12(2)19)13-5-7-14(8-6-13)15(20)10-23-17(21)16-4-3-9-22-16/h3-9,11H,10H2,1-2H3,(H,18,19). The van der Waals surface area contributed by atoms with E-state index in [0.717, 1.165) is 5.56 Å². The van der Waals surface area contributed by atoms with Gasteiger partial charge in [-0.25, -0.2) is 4.79 Å². The lowest BCUT2D eigenvalue weighted by Crippen LogP contribution is -2.23. The molecule has 1 aromatic heterocycles. The summed E-state index contributed by atoms with van der Waals surface area (Å²) in [6, 6.07) is 9.66. The maximum atomic E-state index is 12.0. The van der Waals surface area contributed by atoms with E-state index < -0.39 is 5.97 Å². The van der Waals surface area contributed by atoms with Crippen molar-refractivity contribution in [1.82, 2.24) is 5.32 Å². The molecule has 0 bridgehead atoms. The van der Waals surface area contributed by atoms with Crippen LogP contribution in [0.25, 0.3) is 0 Å². The van der Waals surface area contributed by atoms with Crippen LogP contribution in [0.3, 0.4) is 0 Å². The van der Waals surface area contributed by atoms with Crippen LogP contribution < -0.4 is 5.32 Å². The lowest BCUT2D eigenvalue weighted by Gasteiger charge is -2.13. The van der Waals surface area contributed by atoms with E-state index in [2.05, 4.69) is 5.32 Å². The van der Waals surface area contributed by atoms with Crippen LogP contribution in [-0.2, 0) is 9.53 Å². The minimum Gasteiger partial charge on any atom is -0.457 e. The predicted molar refractivity (Wildman–Crippen MR) is 82.0 cm³/mol. The van der Waals surface area contributed by atoms with Crippen LogP contribution in [-0.4, -0.2) is 24.3 Å². The van der Waals surface area contributed by atoms with Crippen molar-refractivity contribution in [3.63, 3.8) is 0 Å². The molecule has 1 unspecified atom stereocenters. The first-order valence-corrected chi connectivity index (χ1v) is 7.08. The van der Waals surface area contributed by atoms with Crippen molar-refractivity contribution in [2.75, 3.05) is 6.61 Å². The number of Topliss-reactive ketones (excluding diaryl/α,β-unsaturated/α-hetero) is 1. The zero-order chi connectivity index (χ0) is 16.8. The van der Waals surface area contributed by atoms with Crippen LogP contribution in [0.2, 0.25) is 0 Å². The molecule has 1 heterocycles. The molecule has 1 amide bonds. The molecule has 1 N–H and O–H groups in total. The Hall–Kier alpha value is -2.89. The van der Waals surface area contributed by atoms with Gasteiger partial charge in [0, 0.05) is 12.5 Å². The number of furan rings is 1. The Bertz CT molecular complexity index is 688. The molecular weight excluding hydrogens is 298 g/mol. The van der Waals surface area contributed by atoms with E-state index in [9.17, 15) is 14.4 Å². The van der Waals surface area contributed by atoms with Gasteiger partial charge < -0.3 is 14.5 Å². The molecule has 6 heteroatoms. The number of benzene rings is 1. The van der Waals surface area contributed by atoms with Crippen molar-refractivity contribution < 1.29 is 23.5 Å². The van der Waals surface area contributed by atoms with Gasteiger partial charge in [0.2, 0.25) is 11.7 Å². The summed E-state index contributed by atoms with van der Waals surface area (Å²) >= 11 is 0. The summed E-state index contributed by atoms with van der Waals surface area (Å²) in [4.78, 5) is 34.6. The van der Waals surface area contributed by atoms with Crippen molar-refractivity contribution in [3.05, 3.63) is 59.5 Å². The van der Waals surface area contributed by atoms with Crippen molar-refractivity contribution in [1.29, 1.82) is 0 Å². The summed E-state index contributed by atoms with van der Waals surface area (Å²) in [5.41, 5.74) is 1.31. The lowest BCUT2D eigenvalue weighted by atomic mass is 10.0. The Labute approximate surface area is 133 Å². The van der Waals surface area contributed by atoms with Gasteiger partial charge in [-0.2, -0.15) is 0 Å². The number of ether oxygens (including phenoxy) is 1. The third kappa shape index (κ3) is 4.54. The summed E-state index contributed by atoms with van der Waals surface area (Å²) in [7, 11) is 0. The average molecular weight is 315 g/mol. The molecule has 0 saturated heterocycles. The first-order valence-electron chi connectivity index (χ1n) is 7.08. The Morgan fingerprint density at radius 1 is 1.17 bits per heavy atom. The minimum absolute atomic E-state index is 0.0530. The van der Waals surface area contributed by atoms with E-state index in [1.165, 1.54) is 19.3 Å². The maximum absolute atomic E-state index is 12.0. The van der Waals surface area contributed by atoms with E-state index >= 15 is 0 Å². The van der Waals surface area contributed by atoms with Gasteiger partial charge in [-0.15, -0.1) is 0 Å². The predicted octanol–water partition coefficient (Wildman–Crippen LogP) is 2.52. The third-order valence-corrected chi connectivity index (χ3v) is 3.21. The quantitative estimate of drug-likeness (QED) is 0.654. The second-order valence-electron chi connectivity index (χ2n) is 5.02. The van der Waals surface area contributed by atoms with Crippen molar-refractivity contribution in [2.24, 2.45) is 0 Å². The largest absolute Gasteiger partial charge is 0.457 e. The van der Waals surface area contributed by atoms with Gasteiger partial charge in [0.25, 0.3) is 0 Å². The van der Waals surface area contributed by atoms with Crippen LogP contribution in [0.15, 0.2) is 47.1 Å². The number of amides is 1. The minimum atomic E-state index is -0.681. The van der Waals surface area contributed by atoms with Gasteiger partial charge in [-0.3, -0.25) is 9.59 Å². The number of nitrogens with one attached hydrogen (secondary N) is 1. The SMILES string of the molecule is CC(=O)NC(C)c1ccc(C(=O)COC(=O)c2ccco2)cc1. The van der Waals surface area contributed by atoms with E-state index in [-0.39, 0.29) is 30.1 Å². The first kappa shape index (κ1) is 16.5. The molecule has 0 aliphatic carbocycles. The Kier molecular flexibility index (Phi) is 5.30. The third-order valence-electron chi connectivity index (χ3n) is 3.21. The van der Waals surface area contributed by atoms with Gasteiger partial charge >= 0.3 is 5.97 Å². The van der Waals surface area contributed by atoms with E-state index in [4.69, 9.17) is 9.15 Å². The number of hydrogen-bond acceptors (Lipinski definition) is 5. The Balaban J connectivity index is 1.92. The molecular formula is C17H17NO5. The second-order valence-corrected chi connectivity index (χ2v) is 5.02. The summed E-state index contributed by atoms with van der Waals surface area (Å²) in [5.74, 6) is -1.07. The van der Waals surface area contributed by atoms with Gasteiger partial charge in [0.05, 0.1) is 12.3 Å². The smallest absolute Gasteiger partial charge is 0.374 e. The maximum Gasteiger partial charge on any atom is 0.374 e. The zero-order valence-electron chi connectivity index (χ0n) is 12.9. The topological polar surface area (TPSA) is 85.6 Å². The Morgan fingerprint density at radius 3 is 2.43 bits per heavy atom. The van der Waals surface area contributed by atoms with Crippen molar-refractivity contribution in [3.8, 4) is 0 Å². The number of rotatable bonds is 6. The fraction of sp³-hybridized carbons (Fsp3) is 0.235. The van der Waals surface area contributed by atoms with Crippen LogP contribution in [0.1, 0.15) is 46.4 Å². The highest BCUT2D eigenvalue weighted by Crippen LogP contribution is 2.14. The molecule has 0 saturated carbocycles. The molecule has 2 rings (SSSR count). The molecule has 0 fully saturated rings. The number of carbonyl (C=O) groups excluding carboxylic acids is 3. The van der Waals surface area contributed by atoms with Gasteiger partial charge in [-0.1, -0.05) is 24.3 Å². The molecule has 120 valence electrons. The normalized spacial score (nSPS) is 11.6. The number of ketones is 1. The van der Waals surface area contributed by atoms with Crippen molar-refractivity contribution in [2.45, 2.75) is 19.9 Å². The summed E-state index contributed by atoms with van der Waals surface area (Å²) < 4.78 is 9.78. The molecule has 1 atom stereocenters. The molecule has 0 aliphatic rings. The molecule has 0 aliphatic heterocycles. The number of hydrogen-bond donors (Lipinski definition) is 1. The summed E-state index contributed by atoms with van der Waals surface area (Å²) in [6.07, 6.45) is 1.35. The van der Waals surface area contributed by atoms with Crippen LogP contribution in [0.5, 0.6) is 0 Å². The zero-order valence-corrected chi connectivity index (χ0v) is 12.9. The molecule has 23 heavy (non-hydrogen) atoms. The fourth-order valence-electron chi connectivity index (χ4n) is 2.03. The molecule has 0 radical (unpaired) electrons. The van der Waals surface area contributed by atoms with Crippen LogP contribution in [0, 0.1) is 0 Å². The highest BCUT2D eigenvalue weighted by Gasteiger charge is 2.14. The van der Waals surface area contributed by atoms with E-state index in [1.54, 1.807) is 30.3 Å². The average Bonchev–Trinajstić information content (AvgIpc) is 3.06. The highest BCUT2D eigenvalue weighted by atomic mass is 16.5.